The third kappa shape index (κ3) is 2.73. The van der Waals surface area contributed by atoms with Crippen molar-refractivity contribution < 1.29 is 19.5 Å². The predicted octanol–water partition coefficient (Wildman–Crippen LogP) is 0.00660. The van der Waals surface area contributed by atoms with Gasteiger partial charge < -0.3 is 15.3 Å². The molecule has 0 aromatic carbocycles. The average molecular weight is 321 g/mol. The van der Waals surface area contributed by atoms with Gasteiger partial charge in [-0.2, -0.15) is 5.10 Å². The Morgan fingerprint density at radius 1 is 1.39 bits per heavy atom. The fourth-order valence-corrected chi connectivity index (χ4v) is 3.19. The minimum atomic E-state index is -0.986. The number of carboxylic acid groups (broad SMARTS) is 1. The minimum absolute atomic E-state index is 0.0972. The number of carbonyl (C=O) groups excluding carboxylic acids is 2. The predicted molar refractivity (Wildman–Crippen MR) is 79.8 cm³/mol. The first-order valence-electron chi connectivity index (χ1n) is 7.48. The van der Waals surface area contributed by atoms with Crippen molar-refractivity contribution in [2.45, 2.75) is 45.4 Å². The number of nitrogens with zero attached hydrogens (tertiary/aromatic N) is 4. The van der Waals surface area contributed by atoms with Crippen molar-refractivity contribution in [3.8, 4) is 0 Å². The molecule has 0 saturated carbocycles. The van der Waals surface area contributed by atoms with E-state index in [1.54, 1.807) is 15.8 Å². The van der Waals surface area contributed by atoms with Gasteiger partial charge >= 0.3 is 6.09 Å². The molecular weight excluding hydrogens is 302 g/mol. The van der Waals surface area contributed by atoms with E-state index in [4.69, 9.17) is 0 Å². The number of hydrogen-bond donors (Lipinski definition) is 2. The van der Waals surface area contributed by atoms with Gasteiger partial charge in [-0.1, -0.05) is 0 Å². The smallest absolute Gasteiger partial charge is 0.407 e. The molecular formula is C14H19N5O4. The van der Waals surface area contributed by atoms with Crippen molar-refractivity contribution in [2.24, 2.45) is 0 Å². The van der Waals surface area contributed by atoms with Crippen LogP contribution in [0.1, 0.15) is 26.0 Å². The van der Waals surface area contributed by atoms with E-state index in [0.717, 1.165) is 0 Å². The highest BCUT2D eigenvalue weighted by molar-refractivity contribution is 5.97. The van der Waals surface area contributed by atoms with Gasteiger partial charge in [-0.3, -0.25) is 19.2 Å². The lowest BCUT2D eigenvalue weighted by atomic mass is 10.2. The Balaban J connectivity index is 1.84. The van der Waals surface area contributed by atoms with Crippen LogP contribution in [0.3, 0.4) is 0 Å². The molecule has 0 aliphatic carbocycles. The van der Waals surface area contributed by atoms with E-state index in [1.165, 1.54) is 11.8 Å². The summed E-state index contributed by atoms with van der Waals surface area (Å²) in [6.45, 7) is 4.27. The molecule has 1 fully saturated rings. The molecule has 3 heterocycles. The maximum absolute atomic E-state index is 12.2. The summed E-state index contributed by atoms with van der Waals surface area (Å²) in [4.78, 5) is 37.6. The summed E-state index contributed by atoms with van der Waals surface area (Å²) in [5.74, 6) is -0.271. The average Bonchev–Trinajstić information content (AvgIpc) is 2.99. The lowest BCUT2D eigenvalue weighted by molar-refractivity contribution is -0.119. The van der Waals surface area contributed by atoms with Gasteiger partial charge in [0.15, 0.2) is 0 Å². The Bertz CT molecular complexity index is 670. The summed E-state index contributed by atoms with van der Waals surface area (Å²) in [6, 6.07) is -0.400. The SMILES string of the molecule is CC(=O)NC1CC(=O)N(c2cnn3c2CN(C(=O)O)[C@@H](C)C3)C1. The van der Waals surface area contributed by atoms with Crippen LogP contribution in [0, 0.1) is 0 Å². The number of anilines is 1. The van der Waals surface area contributed by atoms with E-state index in [1.807, 2.05) is 6.92 Å². The zero-order valence-electron chi connectivity index (χ0n) is 13.0. The molecule has 1 aromatic rings. The van der Waals surface area contributed by atoms with Crippen molar-refractivity contribution in [1.82, 2.24) is 20.0 Å². The third-order valence-electron chi connectivity index (χ3n) is 4.28. The van der Waals surface area contributed by atoms with Gasteiger partial charge in [0.25, 0.3) is 0 Å². The Morgan fingerprint density at radius 2 is 2.13 bits per heavy atom. The third-order valence-corrected chi connectivity index (χ3v) is 4.28. The maximum Gasteiger partial charge on any atom is 0.407 e. The van der Waals surface area contributed by atoms with Crippen LogP contribution in [0.5, 0.6) is 0 Å². The fourth-order valence-electron chi connectivity index (χ4n) is 3.19. The van der Waals surface area contributed by atoms with E-state index in [0.29, 0.717) is 24.5 Å². The van der Waals surface area contributed by atoms with Gasteiger partial charge in [0.1, 0.15) is 0 Å². The Morgan fingerprint density at radius 3 is 2.78 bits per heavy atom. The second kappa shape index (κ2) is 5.56. The number of rotatable bonds is 2. The van der Waals surface area contributed by atoms with Crippen LogP contribution in [-0.4, -0.2) is 56.3 Å². The molecule has 1 unspecified atom stereocenters. The number of carbonyl (C=O) groups is 3. The number of aromatic nitrogens is 2. The van der Waals surface area contributed by atoms with Crippen LogP contribution in [0.2, 0.25) is 0 Å². The molecule has 9 heteroatoms. The summed E-state index contributed by atoms with van der Waals surface area (Å²) < 4.78 is 1.75. The molecule has 3 amide bonds. The van der Waals surface area contributed by atoms with Gasteiger partial charge in [-0.25, -0.2) is 4.79 Å². The van der Waals surface area contributed by atoms with Crippen LogP contribution >= 0.6 is 0 Å². The topological polar surface area (TPSA) is 108 Å². The molecule has 1 aromatic heterocycles. The zero-order chi connectivity index (χ0) is 16.7. The van der Waals surface area contributed by atoms with Crippen molar-refractivity contribution in [3.05, 3.63) is 11.9 Å². The lowest BCUT2D eigenvalue weighted by Crippen LogP contribution is -2.44. The van der Waals surface area contributed by atoms with Gasteiger partial charge in [0, 0.05) is 19.9 Å². The van der Waals surface area contributed by atoms with Gasteiger partial charge in [0.2, 0.25) is 11.8 Å². The Labute approximate surface area is 132 Å². The van der Waals surface area contributed by atoms with Gasteiger partial charge in [0.05, 0.1) is 42.8 Å². The first kappa shape index (κ1) is 15.3. The van der Waals surface area contributed by atoms with Crippen LogP contribution in [0.25, 0.3) is 0 Å². The monoisotopic (exact) mass is 321 g/mol. The van der Waals surface area contributed by atoms with E-state index in [-0.39, 0.29) is 36.9 Å². The first-order valence-corrected chi connectivity index (χ1v) is 7.48. The van der Waals surface area contributed by atoms with Crippen LogP contribution in [0.15, 0.2) is 6.20 Å². The van der Waals surface area contributed by atoms with Crippen molar-refractivity contribution in [3.63, 3.8) is 0 Å². The van der Waals surface area contributed by atoms with Gasteiger partial charge in [-0.15, -0.1) is 0 Å². The Kier molecular flexibility index (Phi) is 3.70. The normalized spacial score (nSPS) is 23.8. The molecule has 0 radical (unpaired) electrons. The summed E-state index contributed by atoms with van der Waals surface area (Å²) in [5.41, 5.74) is 1.34. The molecule has 0 bridgehead atoms. The minimum Gasteiger partial charge on any atom is -0.465 e. The molecule has 3 rings (SSSR count). The van der Waals surface area contributed by atoms with E-state index >= 15 is 0 Å². The molecule has 2 aliphatic rings. The molecule has 2 aliphatic heterocycles. The fraction of sp³-hybridized carbons (Fsp3) is 0.571. The standard InChI is InChI=1S/C14H19N5O4/c1-8-5-19-12(7-17(8)14(22)23)11(4-15-19)18-6-10(3-13(18)21)16-9(2)20/h4,8,10H,3,5-7H2,1-2H3,(H,16,20)(H,22,23)/t8-,10?/m0/s1. The molecule has 2 N–H and O–H groups in total. The molecule has 0 spiro atoms. The summed E-state index contributed by atoms with van der Waals surface area (Å²) in [7, 11) is 0. The highest BCUT2D eigenvalue weighted by Crippen LogP contribution is 2.30. The largest absolute Gasteiger partial charge is 0.465 e. The Hall–Kier alpha value is -2.58. The highest BCUT2D eigenvalue weighted by atomic mass is 16.4. The maximum atomic E-state index is 12.2. The van der Waals surface area contributed by atoms with Crippen molar-refractivity contribution >= 4 is 23.6 Å². The molecule has 1 saturated heterocycles. The zero-order valence-corrected chi connectivity index (χ0v) is 13.0. The lowest BCUT2D eigenvalue weighted by Gasteiger charge is -2.32. The summed E-state index contributed by atoms with van der Waals surface area (Å²) >= 11 is 0. The van der Waals surface area contributed by atoms with Crippen LogP contribution < -0.4 is 10.2 Å². The van der Waals surface area contributed by atoms with Crippen LogP contribution in [-0.2, 0) is 22.7 Å². The summed E-state index contributed by atoms with van der Waals surface area (Å²) in [5, 5.41) is 16.3. The second-order valence-electron chi connectivity index (χ2n) is 6.02. The number of amides is 3. The van der Waals surface area contributed by atoms with Crippen LogP contribution in [0.4, 0.5) is 10.5 Å². The molecule has 9 nitrogen and oxygen atoms in total. The van der Waals surface area contributed by atoms with E-state index in [2.05, 4.69) is 10.4 Å². The highest BCUT2D eigenvalue weighted by Gasteiger charge is 2.36. The summed E-state index contributed by atoms with van der Waals surface area (Å²) in [6.07, 6.45) is 0.852. The number of hydrogen-bond acceptors (Lipinski definition) is 4. The van der Waals surface area contributed by atoms with E-state index < -0.39 is 6.09 Å². The molecule has 124 valence electrons. The molecule has 23 heavy (non-hydrogen) atoms. The quantitative estimate of drug-likeness (QED) is 0.797. The second-order valence-corrected chi connectivity index (χ2v) is 6.02. The van der Waals surface area contributed by atoms with Crippen molar-refractivity contribution in [1.29, 1.82) is 0 Å². The van der Waals surface area contributed by atoms with Crippen molar-refractivity contribution in [2.75, 3.05) is 11.4 Å². The number of nitrogens with one attached hydrogen (secondary N) is 1. The van der Waals surface area contributed by atoms with Gasteiger partial charge in [-0.05, 0) is 6.92 Å². The number of fused-ring (bicyclic) bond motifs is 1. The van der Waals surface area contributed by atoms with E-state index in [9.17, 15) is 19.5 Å². The first-order chi connectivity index (χ1) is 10.9. The molecule has 2 atom stereocenters.